The molecule has 0 spiro atoms. The SMILES string of the molecule is CC1CC1NC(=O)Nc1ccc(C(=O)O)cc1F. The highest BCUT2D eigenvalue weighted by Gasteiger charge is 2.33. The van der Waals surface area contributed by atoms with Crippen LogP contribution in [0.2, 0.25) is 0 Å². The molecule has 0 aliphatic heterocycles. The zero-order valence-corrected chi connectivity index (χ0v) is 9.74. The molecule has 1 fully saturated rings. The van der Waals surface area contributed by atoms with Gasteiger partial charge in [0, 0.05) is 6.04 Å². The lowest BCUT2D eigenvalue weighted by atomic mass is 10.2. The van der Waals surface area contributed by atoms with Crippen LogP contribution in [0.1, 0.15) is 23.7 Å². The maximum atomic E-state index is 13.5. The Hall–Kier alpha value is -2.11. The summed E-state index contributed by atoms with van der Waals surface area (Å²) < 4.78 is 13.5. The van der Waals surface area contributed by atoms with Gasteiger partial charge in [0.2, 0.25) is 0 Å². The predicted octanol–water partition coefficient (Wildman–Crippen LogP) is 2.05. The molecule has 0 saturated heterocycles. The third-order valence-electron chi connectivity index (χ3n) is 2.89. The molecule has 2 unspecified atom stereocenters. The summed E-state index contributed by atoms with van der Waals surface area (Å²) in [6.07, 6.45) is 0.924. The molecule has 6 heteroatoms. The van der Waals surface area contributed by atoms with Crippen LogP contribution in [0.4, 0.5) is 14.9 Å². The molecule has 2 amide bonds. The molecule has 1 aliphatic carbocycles. The van der Waals surface area contributed by atoms with Gasteiger partial charge >= 0.3 is 12.0 Å². The van der Waals surface area contributed by atoms with E-state index < -0.39 is 17.8 Å². The Kier molecular flexibility index (Phi) is 3.18. The minimum Gasteiger partial charge on any atom is -0.478 e. The minimum absolute atomic E-state index is 0.0363. The third kappa shape index (κ3) is 2.77. The number of rotatable bonds is 3. The van der Waals surface area contributed by atoms with Crippen LogP contribution in [0, 0.1) is 11.7 Å². The van der Waals surface area contributed by atoms with E-state index in [0.717, 1.165) is 12.5 Å². The molecule has 2 rings (SSSR count). The summed E-state index contributed by atoms with van der Waals surface area (Å²) in [5, 5.41) is 13.7. The maximum absolute atomic E-state index is 13.5. The standard InChI is InChI=1S/C12H13FN2O3/c1-6-4-10(6)15-12(18)14-9-3-2-7(11(16)17)5-8(9)13/h2-3,5-6,10H,4H2,1H3,(H,16,17)(H2,14,15,18). The number of amides is 2. The topological polar surface area (TPSA) is 78.4 Å². The molecule has 1 saturated carbocycles. The Morgan fingerprint density at radius 3 is 2.61 bits per heavy atom. The minimum atomic E-state index is -1.21. The summed E-state index contributed by atoms with van der Waals surface area (Å²) in [4.78, 5) is 22.1. The van der Waals surface area contributed by atoms with Gasteiger partial charge in [-0.15, -0.1) is 0 Å². The van der Waals surface area contributed by atoms with Crippen LogP contribution in [-0.4, -0.2) is 23.1 Å². The molecule has 1 aromatic carbocycles. The molecule has 0 heterocycles. The number of aromatic carboxylic acids is 1. The van der Waals surface area contributed by atoms with Gasteiger partial charge < -0.3 is 15.7 Å². The van der Waals surface area contributed by atoms with Crippen molar-refractivity contribution in [3.05, 3.63) is 29.6 Å². The van der Waals surface area contributed by atoms with Gasteiger partial charge in [-0.2, -0.15) is 0 Å². The number of hydrogen-bond donors (Lipinski definition) is 3. The highest BCUT2D eigenvalue weighted by molar-refractivity contribution is 5.92. The van der Waals surface area contributed by atoms with E-state index in [1.54, 1.807) is 0 Å². The van der Waals surface area contributed by atoms with Crippen molar-refractivity contribution in [2.24, 2.45) is 5.92 Å². The van der Waals surface area contributed by atoms with E-state index in [4.69, 9.17) is 5.11 Å². The van der Waals surface area contributed by atoms with Crippen molar-refractivity contribution in [1.29, 1.82) is 0 Å². The normalized spacial score (nSPS) is 21.2. The number of urea groups is 1. The zero-order valence-electron chi connectivity index (χ0n) is 9.74. The number of carboxylic acid groups (broad SMARTS) is 1. The Balaban J connectivity index is 2.00. The van der Waals surface area contributed by atoms with Crippen LogP contribution in [0.5, 0.6) is 0 Å². The lowest BCUT2D eigenvalue weighted by Crippen LogP contribution is -2.31. The number of hydrogen-bond acceptors (Lipinski definition) is 2. The van der Waals surface area contributed by atoms with Crippen LogP contribution in [0.25, 0.3) is 0 Å². The van der Waals surface area contributed by atoms with Gasteiger partial charge in [-0.25, -0.2) is 14.0 Å². The largest absolute Gasteiger partial charge is 0.478 e. The molecule has 1 aliphatic rings. The van der Waals surface area contributed by atoms with Crippen LogP contribution in [0.3, 0.4) is 0 Å². The van der Waals surface area contributed by atoms with Gasteiger partial charge in [0.05, 0.1) is 11.3 Å². The molecule has 0 bridgehead atoms. The second-order valence-corrected chi connectivity index (χ2v) is 4.42. The fraction of sp³-hybridized carbons (Fsp3) is 0.333. The van der Waals surface area contributed by atoms with E-state index in [0.29, 0.717) is 5.92 Å². The third-order valence-corrected chi connectivity index (χ3v) is 2.89. The van der Waals surface area contributed by atoms with Gasteiger partial charge in [-0.05, 0) is 30.5 Å². The van der Waals surface area contributed by atoms with Gasteiger partial charge in [0.1, 0.15) is 5.82 Å². The Morgan fingerprint density at radius 1 is 1.44 bits per heavy atom. The quantitative estimate of drug-likeness (QED) is 0.770. The van der Waals surface area contributed by atoms with Gasteiger partial charge in [0.15, 0.2) is 0 Å². The summed E-state index contributed by atoms with van der Waals surface area (Å²) in [5.41, 5.74) is -0.194. The molecule has 18 heavy (non-hydrogen) atoms. The number of carbonyl (C=O) groups excluding carboxylic acids is 1. The monoisotopic (exact) mass is 252 g/mol. The lowest BCUT2D eigenvalue weighted by Gasteiger charge is -2.08. The van der Waals surface area contributed by atoms with Crippen LogP contribution in [0.15, 0.2) is 18.2 Å². The van der Waals surface area contributed by atoms with Gasteiger partial charge in [-0.1, -0.05) is 6.92 Å². The Morgan fingerprint density at radius 2 is 2.11 bits per heavy atom. The summed E-state index contributed by atoms with van der Waals surface area (Å²) in [6.45, 7) is 2.01. The predicted molar refractivity (Wildman–Crippen MR) is 63.1 cm³/mol. The molecule has 1 aromatic rings. The van der Waals surface area contributed by atoms with Gasteiger partial charge in [-0.3, -0.25) is 0 Å². The number of anilines is 1. The molecule has 2 atom stereocenters. The molecule has 0 radical (unpaired) electrons. The van der Waals surface area contributed by atoms with Crippen molar-refractivity contribution in [2.45, 2.75) is 19.4 Å². The van der Waals surface area contributed by atoms with E-state index in [1.807, 2.05) is 6.92 Å². The van der Waals surface area contributed by atoms with E-state index in [-0.39, 0.29) is 17.3 Å². The second-order valence-electron chi connectivity index (χ2n) is 4.42. The Labute approximate surface area is 103 Å². The fourth-order valence-corrected chi connectivity index (χ4v) is 1.60. The first-order valence-corrected chi connectivity index (χ1v) is 5.57. The first-order chi connectivity index (χ1) is 8.47. The van der Waals surface area contributed by atoms with E-state index in [2.05, 4.69) is 10.6 Å². The van der Waals surface area contributed by atoms with Crippen molar-refractivity contribution < 1.29 is 19.1 Å². The number of carboxylic acids is 1. The fourth-order valence-electron chi connectivity index (χ4n) is 1.60. The molecule has 0 aromatic heterocycles. The highest BCUT2D eigenvalue weighted by Crippen LogP contribution is 2.29. The number of nitrogens with one attached hydrogen (secondary N) is 2. The van der Waals surface area contributed by atoms with Crippen molar-refractivity contribution in [3.63, 3.8) is 0 Å². The average molecular weight is 252 g/mol. The van der Waals surface area contributed by atoms with Crippen LogP contribution < -0.4 is 10.6 Å². The smallest absolute Gasteiger partial charge is 0.335 e. The first kappa shape index (κ1) is 12.3. The zero-order chi connectivity index (χ0) is 13.3. The second kappa shape index (κ2) is 4.64. The first-order valence-electron chi connectivity index (χ1n) is 5.57. The lowest BCUT2D eigenvalue weighted by molar-refractivity contribution is 0.0696. The van der Waals surface area contributed by atoms with E-state index in [9.17, 15) is 14.0 Å². The average Bonchev–Trinajstić information content (AvgIpc) is 2.96. The summed E-state index contributed by atoms with van der Waals surface area (Å²) in [7, 11) is 0. The number of benzene rings is 1. The molecule has 5 nitrogen and oxygen atoms in total. The van der Waals surface area contributed by atoms with E-state index in [1.165, 1.54) is 12.1 Å². The highest BCUT2D eigenvalue weighted by atomic mass is 19.1. The molecule has 3 N–H and O–H groups in total. The maximum Gasteiger partial charge on any atom is 0.335 e. The number of halogens is 1. The summed E-state index contributed by atoms with van der Waals surface area (Å²) >= 11 is 0. The van der Waals surface area contributed by atoms with Crippen LogP contribution >= 0.6 is 0 Å². The van der Waals surface area contributed by atoms with Crippen LogP contribution in [-0.2, 0) is 0 Å². The van der Waals surface area contributed by atoms with Crippen molar-refractivity contribution >= 4 is 17.7 Å². The Bertz CT molecular complexity index is 504. The van der Waals surface area contributed by atoms with Crippen molar-refractivity contribution in [2.75, 3.05) is 5.32 Å². The molecular weight excluding hydrogens is 239 g/mol. The molecule has 96 valence electrons. The van der Waals surface area contributed by atoms with Gasteiger partial charge in [0.25, 0.3) is 0 Å². The van der Waals surface area contributed by atoms with Crippen molar-refractivity contribution in [1.82, 2.24) is 5.32 Å². The number of carbonyl (C=O) groups is 2. The summed E-state index contributed by atoms with van der Waals surface area (Å²) in [6, 6.07) is 3.00. The van der Waals surface area contributed by atoms with E-state index >= 15 is 0 Å². The molecular formula is C12H13FN2O3. The summed E-state index contributed by atoms with van der Waals surface area (Å²) in [5.74, 6) is -1.53. The van der Waals surface area contributed by atoms with Crippen molar-refractivity contribution in [3.8, 4) is 0 Å².